The van der Waals surface area contributed by atoms with Gasteiger partial charge in [-0.1, -0.05) is 47.9 Å². The predicted octanol–water partition coefficient (Wildman–Crippen LogP) is 1.31. The van der Waals surface area contributed by atoms with Gasteiger partial charge in [0.2, 0.25) is 0 Å². The number of hydrogen-bond acceptors (Lipinski definition) is 3. The van der Waals surface area contributed by atoms with Crippen molar-refractivity contribution >= 4 is 18.6 Å². The van der Waals surface area contributed by atoms with E-state index in [4.69, 9.17) is 9.76 Å². The van der Waals surface area contributed by atoms with Crippen LogP contribution in [0.4, 0.5) is 5.69 Å². The number of anilines is 1. The molecule has 0 aliphatic heterocycles. The second kappa shape index (κ2) is 7.73. The Morgan fingerprint density at radius 2 is 1.75 bits per heavy atom. The van der Waals surface area contributed by atoms with Crippen molar-refractivity contribution in [2.75, 3.05) is 25.1 Å². The first kappa shape index (κ1) is 14.6. The Labute approximate surface area is 121 Å². The van der Waals surface area contributed by atoms with Crippen LogP contribution >= 0.6 is 0 Å². The molecule has 0 atom stereocenters. The number of aliphatic hydroxyl groups excluding tert-OH is 1. The lowest BCUT2D eigenvalue weighted by molar-refractivity contribution is 0.282. The maximum absolute atomic E-state index is 8.98. The zero-order chi connectivity index (χ0) is 14.2. The summed E-state index contributed by atoms with van der Waals surface area (Å²) in [5.41, 5.74) is 3.26. The Balaban J connectivity index is 1.70. The van der Waals surface area contributed by atoms with E-state index in [0.29, 0.717) is 14.1 Å². The first-order valence-corrected chi connectivity index (χ1v) is 6.82. The van der Waals surface area contributed by atoms with Crippen molar-refractivity contribution in [3.63, 3.8) is 0 Å². The van der Waals surface area contributed by atoms with E-state index >= 15 is 0 Å². The van der Waals surface area contributed by atoms with Gasteiger partial charge < -0.3 is 14.7 Å². The Bertz CT molecular complexity index is 502. The minimum Gasteiger partial charge on any atom is -0.433 e. The number of benzene rings is 2. The van der Waals surface area contributed by atoms with Gasteiger partial charge in [-0.3, -0.25) is 0 Å². The molecule has 0 bridgehead atoms. The molecule has 0 aromatic heterocycles. The highest BCUT2D eigenvalue weighted by atomic mass is 16.4. The van der Waals surface area contributed by atoms with Crippen LogP contribution in [0.25, 0.3) is 0 Å². The zero-order valence-corrected chi connectivity index (χ0v) is 11.8. The van der Waals surface area contributed by atoms with Gasteiger partial charge in [0.15, 0.2) is 0 Å². The third-order valence-electron chi connectivity index (χ3n) is 3.24. The van der Waals surface area contributed by atoms with Gasteiger partial charge in [-0.2, -0.15) is 0 Å². The van der Waals surface area contributed by atoms with Crippen molar-refractivity contribution in [2.24, 2.45) is 0 Å². The van der Waals surface area contributed by atoms with Gasteiger partial charge in [0, 0.05) is 25.9 Å². The zero-order valence-electron chi connectivity index (χ0n) is 11.8. The Morgan fingerprint density at radius 3 is 2.40 bits per heavy atom. The van der Waals surface area contributed by atoms with Crippen LogP contribution in [0, 0.1) is 0 Å². The first-order chi connectivity index (χ1) is 9.79. The van der Waals surface area contributed by atoms with Crippen molar-refractivity contribution in [3.8, 4) is 0 Å². The summed E-state index contributed by atoms with van der Waals surface area (Å²) in [4.78, 5) is 2.18. The van der Waals surface area contributed by atoms with E-state index in [9.17, 15) is 0 Å². The van der Waals surface area contributed by atoms with E-state index in [2.05, 4.69) is 24.1 Å². The van der Waals surface area contributed by atoms with Gasteiger partial charge in [-0.15, -0.1) is 0 Å². The maximum atomic E-state index is 8.98. The second-order valence-electron chi connectivity index (χ2n) is 4.78. The first-order valence-electron chi connectivity index (χ1n) is 6.82. The number of para-hydroxylation sites is 1. The van der Waals surface area contributed by atoms with Crippen LogP contribution in [-0.2, 0) is 11.3 Å². The molecule has 0 saturated heterocycles. The van der Waals surface area contributed by atoms with Gasteiger partial charge >= 0.3 is 7.48 Å². The van der Waals surface area contributed by atoms with Crippen LogP contribution in [0.5, 0.6) is 0 Å². The fourth-order valence-corrected chi connectivity index (χ4v) is 1.94. The highest BCUT2D eigenvalue weighted by molar-refractivity contribution is 6.46. The van der Waals surface area contributed by atoms with Crippen LogP contribution in [0.3, 0.4) is 0 Å². The molecule has 0 unspecified atom stereocenters. The van der Waals surface area contributed by atoms with Crippen molar-refractivity contribution in [1.82, 2.24) is 0 Å². The average Bonchev–Trinajstić information content (AvgIpc) is 2.53. The lowest BCUT2D eigenvalue weighted by atomic mass is 9.87. The average molecular weight is 269 g/mol. The van der Waals surface area contributed by atoms with Gasteiger partial charge in [-0.05, 0) is 17.7 Å². The number of hydrogen-bond donors (Lipinski definition) is 1. The Morgan fingerprint density at radius 1 is 1.05 bits per heavy atom. The SMILES string of the molecule is CN(CCOBc1ccc(CO)cc1)c1ccccc1. The fraction of sp³-hybridized carbons (Fsp3) is 0.250. The van der Waals surface area contributed by atoms with Crippen LogP contribution in [0.2, 0.25) is 0 Å². The van der Waals surface area contributed by atoms with E-state index in [-0.39, 0.29) is 6.61 Å². The van der Waals surface area contributed by atoms with E-state index in [1.54, 1.807) is 0 Å². The van der Waals surface area contributed by atoms with Crippen molar-refractivity contribution < 1.29 is 9.76 Å². The predicted molar refractivity (Wildman–Crippen MR) is 84.8 cm³/mol. The van der Waals surface area contributed by atoms with Crippen molar-refractivity contribution in [2.45, 2.75) is 6.61 Å². The van der Waals surface area contributed by atoms with Crippen molar-refractivity contribution in [3.05, 3.63) is 60.2 Å². The highest BCUT2D eigenvalue weighted by Gasteiger charge is 2.01. The normalized spacial score (nSPS) is 10.3. The lowest BCUT2D eigenvalue weighted by Crippen LogP contribution is -2.26. The summed E-state index contributed by atoms with van der Waals surface area (Å²) in [5, 5.41) is 8.98. The molecule has 20 heavy (non-hydrogen) atoms. The quantitative estimate of drug-likeness (QED) is 0.607. The smallest absolute Gasteiger partial charge is 0.308 e. The van der Waals surface area contributed by atoms with E-state index in [0.717, 1.165) is 17.6 Å². The molecule has 2 aromatic carbocycles. The lowest BCUT2D eigenvalue weighted by Gasteiger charge is -2.19. The summed E-state index contributed by atoms with van der Waals surface area (Å²) in [7, 11) is 2.67. The topological polar surface area (TPSA) is 32.7 Å². The van der Waals surface area contributed by atoms with Gasteiger partial charge in [0.1, 0.15) is 0 Å². The van der Waals surface area contributed by atoms with E-state index in [1.807, 2.05) is 42.5 Å². The molecule has 3 nitrogen and oxygen atoms in total. The van der Waals surface area contributed by atoms with Gasteiger partial charge in [0.25, 0.3) is 0 Å². The summed E-state index contributed by atoms with van der Waals surface area (Å²) in [6.07, 6.45) is 0. The highest BCUT2D eigenvalue weighted by Crippen LogP contribution is 2.09. The molecule has 2 aromatic rings. The second-order valence-corrected chi connectivity index (χ2v) is 4.78. The van der Waals surface area contributed by atoms with Crippen LogP contribution in [-0.4, -0.2) is 32.8 Å². The summed E-state index contributed by atoms with van der Waals surface area (Å²) in [6, 6.07) is 18.1. The monoisotopic (exact) mass is 269 g/mol. The molecule has 1 N–H and O–H groups in total. The summed E-state index contributed by atoms with van der Waals surface area (Å²) >= 11 is 0. The van der Waals surface area contributed by atoms with E-state index in [1.165, 1.54) is 5.69 Å². The third kappa shape index (κ3) is 4.40. The molecule has 0 spiro atoms. The molecular weight excluding hydrogens is 249 g/mol. The molecule has 0 aliphatic carbocycles. The number of likely N-dealkylation sites (N-methyl/N-ethyl adjacent to an activating group) is 1. The fourth-order valence-electron chi connectivity index (χ4n) is 1.94. The minimum absolute atomic E-state index is 0.0863. The third-order valence-corrected chi connectivity index (χ3v) is 3.24. The molecule has 0 radical (unpaired) electrons. The van der Waals surface area contributed by atoms with E-state index < -0.39 is 0 Å². The Kier molecular flexibility index (Phi) is 5.65. The maximum Gasteiger partial charge on any atom is 0.308 e. The molecule has 0 fully saturated rings. The molecule has 104 valence electrons. The molecular formula is C16H20BNO2. The van der Waals surface area contributed by atoms with Crippen molar-refractivity contribution in [1.29, 1.82) is 0 Å². The van der Waals surface area contributed by atoms with Gasteiger partial charge in [0.05, 0.1) is 6.61 Å². The molecule has 0 amide bonds. The van der Waals surface area contributed by atoms with Crippen LogP contribution in [0.15, 0.2) is 54.6 Å². The molecule has 0 aliphatic rings. The summed E-state index contributed by atoms with van der Waals surface area (Å²) in [5.74, 6) is 0. The summed E-state index contributed by atoms with van der Waals surface area (Å²) in [6.45, 7) is 1.63. The molecule has 2 rings (SSSR count). The van der Waals surface area contributed by atoms with Crippen LogP contribution < -0.4 is 10.4 Å². The van der Waals surface area contributed by atoms with Crippen LogP contribution in [0.1, 0.15) is 5.56 Å². The Hall–Kier alpha value is -1.78. The standard InChI is InChI=1S/C16H20BNO2/c1-18(16-5-3-2-4-6-16)11-12-20-17-15-9-7-14(13-19)8-10-15/h2-10,17,19H,11-13H2,1H3. The largest absolute Gasteiger partial charge is 0.433 e. The number of rotatable bonds is 7. The summed E-state index contributed by atoms with van der Waals surface area (Å²) < 4.78 is 5.68. The molecule has 0 heterocycles. The van der Waals surface area contributed by atoms with Gasteiger partial charge in [-0.25, -0.2) is 0 Å². The number of nitrogens with zero attached hydrogens (tertiary/aromatic N) is 1. The molecule has 4 heteroatoms. The minimum atomic E-state index is 0.0863. The molecule has 0 saturated carbocycles. The number of aliphatic hydroxyl groups is 1.